The Bertz CT molecular complexity index is 162. The molecule has 1 rings (SSSR count). The Labute approximate surface area is 72.9 Å². The Morgan fingerprint density at radius 3 is 2.75 bits per heavy atom. The van der Waals surface area contributed by atoms with Gasteiger partial charge in [0.2, 0.25) is 5.91 Å². The van der Waals surface area contributed by atoms with Crippen molar-refractivity contribution in [3.8, 4) is 0 Å². The molecule has 0 spiro atoms. The van der Waals surface area contributed by atoms with E-state index in [2.05, 4.69) is 6.92 Å². The van der Waals surface area contributed by atoms with Crippen molar-refractivity contribution in [2.75, 3.05) is 19.6 Å². The first-order valence-electron chi connectivity index (χ1n) is 4.34. The largest absolute Gasteiger partial charge is 0.369 e. The van der Waals surface area contributed by atoms with Crippen LogP contribution in [0.3, 0.4) is 0 Å². The van der Waals surface area contributed by atoms with Gasteiger partial charge in [0.05, 0.1) is 6.54 Å². The highest BCUT2D eigenvalue weighted by Gasteiger charge is 2.22. The first-order valence-corrected chi connectivity index (χ1v) is 4.34. The van der Waals surface area contributed by atoms with Gasteiger partial charge in [-0.1, -0.05) is 6.92 Å². The summed E-state index contributed by atoms with van der Waals surface area (Å²) < 4.78 is 0. The summed E-state index contributed by atoms with van der Waals surface area (Å²) >= 11 is 0. The zero-order chi connectivity index (χ0) is 9.14. The summed E-state index contributed by atoms with van der Waals surface area (Å²) in [5.74, 6) is 0.310. The third-order valence-electron chi connectivity index (χ3n) is 2.15. The average Bonchev–Trinajstić information content (AvgIpc) is 1.81. The van der Waals surface area contributed by atoms with Crippen molar-refractivity contribution in [3.05, 3.63) is 0 Å². The molecule has 4 N–H and O–H groups in total. The molecular weight excluding hydrogens is 154 g/mol. The van der Waals surface area contributed by atoms with E-state index in [1.54, 1.807) is 0 Å². The second-order valence-electron chi connectivity index (χ2n) is 3.76. The number of carbonyl (C=O) groups excluding carboxylic acids is 1. The summed E-state index contributed by atoms with van der Waals surface area (Å²) in [4.78, 5) is 12.6. The molecule has 0 aliphatic carbocycles. The smallest absolute Gasteiger partial charge is 0.231 e. The lowest BCUT2D eigenvalue weighted by molar-refractivity contribution is -0.119. The van der Waals surface area contributed by atoms with Crippen LogP contribution in [-0.4, -0.2) is 36.5 Å². The maximum atomic E-state index is 10.6. The highest BCUT2D eigenvalue weighted by atomic mass is 16.1. The monoisotopic (exact) mass is 171 g/mol. The molecule has 0 saturated carbocycles. The number of carbonyl (C=O) groups is 1. The Balaban J connectivity index is 2.38. The van der Waals surface area contributed by atoms with E-state index >= 15 is 0 Å². The van der Waals surface area contributed by atoms with E-state index in [0.717, 1.165) is 19.5 Å². The van der Waals surface area contributed by atoms with Gasteiger partial charge in [-0.15, -0.1) is 0 Å². The number of nitrogens with two attached hydrogens (primary N) is 2. The number of rotatable bonds is 2. The van der Waals surface area contributed by atoms with Crippen molar-refractivity contribution in [2.45, 2.75) is 19.4 Å². The summed E-state index contributed by atoms with van der Waals surface area (Å²) in [6.45, 7) is 4.23. The summed E-state index contributed by atoms with van der Waals surface area (Å²) in [7, 11) is 0. The van der Waals surface area contributed by atoms with E-state index in [1.807, 2.05) is 4.90 Å². The molecule has 0 aromatic carbocycles. The van der Waals surface area contributed by atoms with Crippen LogP contribution in [-0.2, 0) is 4.79 Å². The molecule has 1 aliphatic heterocycles. The fourth-order valence-corrected chi connectivity index (χ4v) is 1.86. The van der Waals surface area contributed by atoms with Gasteiger partial charge in [-0.3, -0.25) is 9.69 Å². The SMILES string of the molecule is CC1CC(N)CN(CC(N)=O)C1. The number of amides is 1. The molecule has 2 atom stereocenters. The minimum absolute atomic E-state index is 0.202. The lowest BCUT2D eigenvalue weighted by Gasteiger charge is -2.33. The van der Waals surface area contributed by atoms with Gasteiger partial charge in [0, 0.05) is 19.1 Å². The molecule has 2 unspecified atom stereocenters. The number of piperidine rings is 1. The number of primary amides is 1. The van der Waals surface area contributed by atoms with Crippen molar-refractivity contribution >= 4 is 5.91 Å². The van der Waals surface area contributed by atoms with Gasteiger partial charge in [-0.05, 0) is 12.3 Å². The van der Waals surface area contributed by atoms with E-state index in [0.29, 0.717) is 12.5 Å². The predicted molar refractivity (Wildman–Crippen MR) is 47.4 cm³/mol. The van der Waals surface area contributed by atoms with Crippen LogP contribution in [0.5, 0.6) is 0 Å². The van der Waals surface area contributed by atoms with E-state index in [1.165, 1.54) is 0 Å². The molecular formula is C8H17N3O. The van der Waals surface area contributed by atoms with Crippen LogP contribution in [0.25, 0.3) is 0 Å². The number of hydrogen-bond donors (Lipinski definition) is 2. The van der Waals surface area contributed by atoms with Gasteiger partial charge in [-0.25, -0.2) is 0 Å². The second-order valence-corrected chi connectivity index (χ2v) is 3.76. The Kier molecular flexibility index (Phi) is 3.05. The van der Waals surface area contributed by atoms with Gasteiger partial charge in [0.15, 0.2) is 0 Å². The molecule has 1 saturated heterocycles. The molecule has 0 aromatic heterocycles. The number of likely N-dealkylation sites (tertiary alicyclic amines) is 1. The molecule has 4 nitrogen and oxygen atoms in total. The molecule has 0 aromatic rings. The molecule has 1 fully saturated rings. The normalized spacial score (nSPS) is 31.8. The topological polar surface area (TPSA) is 72.3 Å². The summed E-state index contributed by atoms with van der Waals surface area (Å²) in [5, 5.41) is 0. The van der Waals surface area contributed by atoms with Crippen LogP contribution < -0.4 is 11.5 Å². The Morgan fingerprint density at radius 1 is 1.58 bits per heavy atom. The van der Waals surface area contributed by atoms with Crippen molar-refractivity contribution in [1.82, 2.24) is 4.90 Å². The van der Waals surface area contributed by atoms with E-state index < -0.39 is 0 Å². The quantitative estimate of drug-likeness (QED) is 0.568. The van der Waals surface area contributed by atoms with Crippen LogP contribution in [0.1, 0.15) is 13.3 Å². The van der Waals surface area contributed by atoms with Gasteiger partial charge in [-0.2, -0.15) is 0 Å². The van der Waals surface area contributed by atoms with Gasteiger partial charge < -0.3 is 11.5 Å². The molecule has 0 radical (unpaired) electrons. The average molecular weight is 171 g/mol. The minimum Gasteiger partial charge on any atom is -0.369 e. The van der Waals surface area contributed by atoms with Crippen LogP contribution in [0.2, 0.25) is 0 Å². The summed E-state index contributed by atoms with van der Waals surface area (Å²) in [6, 6.07) is 0.202. The molecule has 1 aliphatic rings. The highest BCUT2D eigenvalue weighted by molar-refractivity contribution is 5.75. The summed E-state index contributed by atoms with van der Waals surface area (Å²) in [6.07, 6.45) is 1.05. The zero-order valence-electron chi connectivity index (χ0n) is 7.49. The number of nitrogens with zero attached hydrogens (tertiary/aromatic N) is 1. The maximum absolute atomic E-state index is 10.6. The van der Waals surface area contributed by atoms with Crippen LogP contribution in [0.4, 0.5) is 0 Å². The Hall–Kier alpha value is -0.610. The van der Waals surface area contributed by atoms with Crippen molar-refractivity contribution in [2.24, 2.45) is 17.4 Å². The first-order chi connectivity index (χ1) is 5.58. The molecule has 4 heteroatoms. The van der Waals surface area contributed by atoms with Crippen LogP contribution in [0.15, 0.2) is 0 Å². The highest BCUT2D eigenvalue weighted by Crippen LogP contribution is 2.13. The molecule has 12 heavy (non-hydrogen) atoms. The van der Waals surface area contributed by atoms with E-state index in [4.69, 9.17) is 11.5 Å². The fraction of sp³-hybridized carbons (Fsp3) is 0.875. The number of hydrogen-bond acceptors (Lipinski definition) is 3. The summed E-state index contributed by atoms with van der Waals surface area (Å²) in [5.41, 5.74) is 10.9. The molecule has 0 bridgehead atoms. The first kappa shape index (κ1) is 9.48. The van der Waals surface area contributed by atoms with Crippen molar-refractivity contribution in [3.63, 3.8) is 0 Å². The predicted octanol–water partition coefficient (Wildman–Crippen LogP) is -0.859. The van der Waals surface area contributed by atoms with Gasteiger partial charge in [0.25, 0.3) is 0 Å². The van der Waals surface area contributed by atoms with Crippen LogP contribution in [0, 0.1) is 5.92 Å². The second kappa shape index (κ2) is 3.87. The Morgan fingerprint density at radius 2 is 2.25 bits per heavy atom. The third kappa shape index (κ3) is 2.79. The lowest BCUT2D eigenvalue weighted by atomic mass is 9.97. The minimum atomic E-state index is -0.267. The maximum Gasteiger partial charge on any atom is 0.231 e. The third-order valence-corrected chi connectivity index (χ3v) is 2.15. The molecule has 1 amide bonds. The molecule has 70 valence electrons. The van der Waals surface area contributed by atoms with E-state index in [9.17, 15) is 4.79 Å². The van der Waals surface area contributed by atoms with Crippen molar-refractivity contribution < 1.29 is 4.79 Å². The van der Waals surface area contributed by atoms with E-state index in [-0.39, 0.29) is 11.9 Å². The molecule has 1 heterocycles. The van der Waals surface area contributed by atoms with Crippen LogP contribution >= 0.6 is 0 Å². The van der Waals surface area contributed by atoms with Crippen molar-refractivity contribution in [1.29, 1.82) is 0 Å². The zero-order valence-corrected chi connectivity index (χ0v) is 7.49. The fourth-order valence-electron chi connectivity index (χ4n) is 1.86. The standard InChI is InChI=1S/C8H17N3O/c1-6-2-7(9)4-11(3-6)5-8(10)12/h6-7H,2-5,9H2,1H3,(H2,10,12). The van der Waals surface area contributed by atoms with Gasteiger partial charge in [0.1, 0.15) is 0 Å². The lowest BCUT2D eigenvalue weighted by Crippen LogP contribution is -2.48. The van der Waals surface area contributed by atoms with Gasteiger partial charge >= 0.3 is 0 Å².